The van der Waals surface area contributed by atoms with Crippen LogP contribution in [0.4, 0.5) is 11.4 Å². The van der Waals surface area contributed by atoms with Crippen molar-refractivity contribution in [3.63, 3.8) is 0 Å². The highest BCUT2D eigenvalue weighted by Gasteiger charge is 2.27. The van der Waals surface area contributed by atoms with Gasteiger partial charge in [0.05, 0.1) is 10.6 Å². The minimum atomic E-state index is -3.93. The molecule has 3 aromatic rings. The van der Waals surface area contributed by atoms with Crippen LogP contribution in [0.2, 0.25) is 0 Å². The molecule has 3 aromatic carbocycles. The number of nitrogens with zero attached hydrogens (tertiary/aromatic N) is 1. The lowest BCUT2D eigenvalue weighted by atomic mass is 10.1. The van der Waals surface area contributed by atoms with Gasteiger partial charge in [0.15, 0.2) is 0 Å². The molecule has 30 heavy (non-hydrogen) atoms. The maximum atomic E-state index is 13.4. The molecule has 1 amide bonds. The fraction of sp³-hybridized carbons (Fsp3) is 0.174. The molecule has 0 atom stereocenters. The molecule has 156 valence electrons. The van der Waals surface area contributed by atoms with E-state index in [1.54, 1.807) is 54.6 Å². The monoisotopic (exact) mass is 486 g/mol. The Balaban J connectivity index is 1.97. The lowest BCUT2D eigenvalue weighted by Crippen LogP contribution is -2.38. The van der Waals surface area contributed by atoms with Crippen LogP contribution in [0.1, 0.15) is 16.7 Å². The third-order valence-electron chi connectivity index (χ3n) is 4.78. The van der Waals surface area contributed by atoms with Gasteiger partial charge in [0.1, 0.15) is 6.54 Å². The molecule has 0 unspecified atom stereocenters. The molecule has 3 rings (SSSR count). The zero-order valence-electron chi connectivity index (χ0n) is 17.0. The topological polar surface area (TPSA) is 66.5 Å². The van der Waals surface area contributed by atoms with Crippen LogP contribution in [0, 0.1) is 20.8 Å². The lowest BCUT2D eigenvalue weighted by Gasteiger charge is -2.25. The smallest absolute Gasteiger partial charge is 0.264 e. The van der Waals surface area contributed by atoms with Crippen molar-refractivity contribution < 1.29 is 13.2 Å². The molecular weight excluding hydrogens is 464 g/mol. The summed E-state index contributed by atoms with van der Waals surface area (Å²) in [5.41, 5.74) is 3.98. The van der Waals surface area contributed by atoms with Gasteiger partial charge in [0.2, 0.25) is 5.91 Å². The number of hydrogen-bond acceptors (Lipinski definition) is 3. The maximum Gasteiger partial charge on any atom is 0.264 e. The van der Waals surface area contributed by atoms with Gasteiger partial charge in [-0.25, -0.2) is 8.42 Å². The maximum absolute atomic E-state index is 13.4. The second-order valence-electron chi connectivity index (χ2n) is 7.15. The fourth-order valence-electron chi connectivity index (χ4n) is 2.93. The lowest BCUT2D eigenvalue weighted by molar-refractivity contribution is -0.114. The van der Waals surface area contributed by atoms with Crippen LogP contribution < -0.4 is 9.62 Å². The zero-order chi connectivity index (χ0) is 21.9. The van der Waals surface area contributed by atoms with E-state index in [9.17, 15) is 13.2 Å². The molecule has 0 bridgehead atoms. The van der Waals surface area contributed by atoms with E-state index in [0.29, 0.717) is 11.4 Å². The van der Waals surface area contributed by atoms with Crippen LogP contribution in [-0.4, -0.2) is 20.9 Å². The molecule has 1 N–H and O–H groups in total. The van der Waals surface area contributed by atoms with E-state index < -0.39 is 15.9 Å². The summed E-state index contributed by atoms with van der Waals surface area (Å²) in [5.74, 6) is -0.429. The van der Waals surface area contributed by atoms with Gasteiger partial charge in [-0.2, -0.15) is 0 Å². The number of sulfonamides is 1. The third-order valence-corrected chi connectivity index (χ3v) is 7.06. The molecule has 0 aliphatic carbocycles. The number of nitrogens with one attached hydrogen (secondary N) is 1. The summed E-state index contributed by atoms with van der Waals surface area (Å²) >= 11 is 3.36. The molecule has 0 spiro atoms. The van der Waals surface area contributed by atoms with Crippen molar-refractivity contribution in [2.45, 2.75) is 25.7 Å². The zero-order valence-corrected chi connectivity index (χ0v) is 19.4. The van der Waals surface area contributed by atoms with Gasteiger partial charge in [-0.05, 0) is 74.4 Å². The predicted octanol–water partition coefficient (Wildman–Crippen LogP) is 5.21. The molecule has 0 saturated heterocycles. The summed E-state index contributed by atoms with van der Waals surface area (Å²) in [6.45, 7) is 5.42. The quantitative estimate of drug-likeness (QED) is 0.519. The van der Waals surface area contributed by atoms with Crippen molar-refractivity contribution in [2.75, 3.05) is 16.2 Å². The van der Waals surface area contributed by atoms with Crippen LogP contribution in [0.15, 0.2) is 76.1 Å². The molecule has 0 aliphatic heterocycles. The van der Waals surface area contributed by atoms with Gasteiger partial charge >= 0.3 is 0 Å². The number of rotatable bonds is 6. The molecule has 5 nitrogen and oxygen atoms in total. The Hall–Kier alpha value is -2.64. The molecule has 7 heteroatoms. The highest BCUT2D eigenvalue weighted by atomic mass is 79.9. The van der Waals surface area contributed by atoms with Crippen LogP contribution >= 0.6 is 15.9 Å². The number of anilines is 2. The van der Waals surface area contributed by atoms with E-state index in [-0.39, 0.29) is 11.4 Å². The van der Waals surface area contributed by atoms with E-state index in [0.717, 1.165) is 25.5 Å². The Kier molecular flexibility index (Phi) is 6.63. The van der Waals surface area contributed by atoms with E-state index in [1.165, 1.54) is 0 Å². The standard InChI is InChI=1S/C23H23BrN2O3S/c1-16-7-11-22(12-8-16)30(28,29)26(21-10-9-17(2)18(3)13-21)15-23(27)25-20-6-4-5-19(24)14-20/h4-14H,15H2,1-3H3,(H,25,27). The first-order valence-corrected chi connectivity index (χ1v) is 11.6. The number of aryl methyl sites for hydroxylation is 3. The first kappa shape index (κ1) is 22.1. The number of halogens is 1. The highest BCUT2D eigenvalue weighted by Crippen LogP contribution is 2.26. The molecule has 0 fully saturated rings. The predicted molar refractivity (Wildman–Crippen MR) is 124 cm³/mol. The minimum Gasteiger partial charge on any atom is -0.324 e. The summed E-state index contributed by atoms with van der Waals surface area (Å²) in [4.78, 5) is 12.9. The SMILES string of the molecule is Cc1ccc(S(=O)(=O)N(CC(=O)Nc2cccc(Br)c2)c2ccc(C)c(C)c2)cc1. The van der Waals surface area contributed by atoms with Crippen LogP contribution in [0.3, 0.4) is 0 Å². The van der Waals surface area contributed by atoms with Crippen LogP contribution in [-0.2, 0) is 14.8 Å². The van der Waals surface area contributed by atoms with Gasteiger partial charge in [0, 0.05) is 10.2 Å². The fourth-order valence-corrected chi connectivity index (χ4v) is 4.74. The van der Waals surface area contributed by atoms with Crippen LogP contribution in [0.25, 0.3) is 0 Å². The van der Waals surface area contributed by atoms with Gasteiger partial charge in [0.25, 0.3) is 10.0 Å². The Bertz CT molecular complexity index is 1180. The summed E-state index contributed by atoms with van der Waals surface area (Å²) in [7, 11) is -3.93. The molecule has 0 aromatic heterocycles. The normalized spacial score (nSPS) is 11.2. The summed E-state index contributed by atoms with van der Waals surface area (Å²) in [5, 5.41) is 2.77. The molecular formula is C23H23BrN2O3S. The number of hydrogen-bond donors (Lipinski definition) is 1. The van der Waals surface area contributed by atoms with E-state index in [2.05, 4.69) is 21.2 Å². The average Bonchev–Trinajstić information content (AvgIpc) is 2.68. The average molecular weight is 487 g/mol. The van der Waals surface area contributed by atoms with E-state index >= 15 is 0 Å². The molecule has 0 saturated carbocycles. The molecule has 0 radical (unpaired) electrons. The van der Waals surface area contributed by atoms with Crippen molar-refractivity contribution in [1.29, 1.82) is 0 Å². The third kappa shape index (κ3) is 5.09. The van der Waals surface area contributed by atoms with Crippen molar-refractivity contribution in [1.82, 2.24) is 0 Å². The second-order valence-corrected chi connectivity index (χ2v) is 9.93. The minimum absolute atomic E-state index is 0.140. The van der Waals surface area contributed by atoms with Gasteiger partial charge in [-0.1, -0.05) is 45.8 Å². The first-order valence-electron chi connectivity index (χ1n) is 9.39. The highest BCUT2D eigenvalue weighted by molar-refractivity contribution is 9.10. The number of benzene rings is 3. The van der Waals surface area contributed by atoms with Crippen molar-refractivity contribution in [3.8, 4) is 0 Å². The first-order chi connectivity index (χ1) is 14.2. The van der Waals surface area contributed by atoms with Gasteiger partial charge in [-0.3, -0.25) is 9.10 Å². The Morgan fingerprint density at radius 3 is 2.27 bits per heavy atom. The largest absolute Gasteiger partial charge is 0.324 e. The second kappa shape index (κ2) is 9.02. The Morgan fingerprint density at radius 2 is 1.63 bits per heavy atom. The number of amides is 1. The number of carbonyl (C=O) groups excluding carboxylic acids is 1. The summed E-state index contributed by atoms with van der Waals surface area (Å²) < 4.78 is 28.8. The van der Waals surface area contributed by atoms with Gasteiger partial charge < -0.3 is 5.32 Å². The van der Waals surface area contributed by atoms with E-state index in [1.807, 2.05) is 32.9 Å². The van der Waals surface area contributed by atoms with Crippen LogP contribution in [0.5, 0.6) is 0 Å². The molecule has 0 heterocycles. The Labute approximate surface area is 185 Å². The summed E-state index contributed by atoms with van der Waals surface area (Å²) in [6.07, 6.45) is 0. The van der Waals surface area contributed by atoms with E-state index in [4.69, 9.17) is 0 Å². The van der Waals surface area contributed by atoms with Crippen molar-refractivity contribution >= 4 is 43.2 Å². The Morgan fingerprint density at radius 1 is 0.933 bits per heavy atom. The molecule has 0 aliphatic rings. The van der Waals surface area contributed by atoms with Crippen molar-refractivity contribution in [3.05, 3.63) is 87.9 Å². The number of carbonyl (C=O) groups is 1. The summed E-state index contributed by atoms with van der Waals surface area (Å²) in [6, 6.07) is 19.1. The van der Waals surface area contributed by atoms with Crippen molar-refractivity contribution in [2.24, 2.45) is 0 Å². The van der Waals surface area contributed by atoms with Gasteiger partial charge in [-0.15, -0.1) is 0 Å².